The lowest BCUT2D eigenvalue weighted by Gasteiger charge is -2.06. The van der Waals surface area contributed by atoms with Gasteiger partial charge in [-0.3, -0.25) is 4.79 Å². The molecule has 0 saturated carbocycles. The highest BCUT2D eigenvalue weighted by Gasteiger charge is 2.01. The summed E-state index contributed by atoms with van der Waals surface area (Å²) in [6.45, 7) is 2.80. The van der Waals surface area contributed by atoms with Crippen LogP contribution in [0.1, 0.15) is 96.0 Å². The lowest BCUT2D eigenvalue weighted by Crippen LogP contribution is -2.22. The van der Waals surface area contributed by atoms with Gasteiger partial charge in [0.25, 0.3) is 0 Å². The quantitative estimate of drug-likeness (QED) is 0.377. The summed E-state index contributed by atoms with van der Waals surface area (Å²) in [4.78, 5) is 11.8. The number of benzene rings is 1. The lowest BCUT2D eigenvalue weighted by molar-refractivity contribution is -0.121. The summed E-state index contributed by atoms with van der Waals surface area (Å²) in [5.74, 6) is 0.381. The molecule has 3 nitrogen and oxygen atoms in total. The molecule has 1 aromatic carbocycles. The first-order valence-electron chi connectivity index (χ1n) is 10.3. The molecule has 25 heavy (non-hydrogen) atoms. The van der Waals surface area contributed by atoms with E-state index in [0.29, 0.717) is 13.0 Å². The summed E-state index contributed by atoms with van der Waals surface area (Å²) in [6.07, 6.45) is 16.4. The Morgan fingerprint density at radius 2 is 1.28 bits per heavy atom. The second kappa shape index (κ2) is 14.8. The van der Waals surface area contributed by atoms with Crippen molar-refractivity contribution < 1.29 is 9.90 Å². The zero-order chi connectivity index (χ0) is 18.2. The Morgan fingerprint density at radius 1 is 0.800 bits per heavy atom. The molecule has 2 N–H and O–H groups in total. The largest absolute Gasteiger partial charge is 0.508 e. The number of rotatable bonds is 15. The summed E-state index contributed by atoms with van der Waals surface area (Å²) in [7, 11) is 0. The Kier molecular flexibility index (Phi) is 12.7. The minimum Gasteiger partial charge on any atom is -0.508 e. The number of phenolic OH excluding ortho intramolecular Hbond substituents is 1. The SMILES string of the molecule is CCCCCCCCCCCCCCC(=O)NCc1ccc(O)cc1. The summed E-state index contributed by atoms with van der Waals surface area (Å²) >= 11 is 0. The zero-order valence-corrected chi connectivity index (χ0v) is 16.1. The standard InChI is InChI=1S/C22H37NO2/c1-2-3-4-5-6-7-8-9-10-11-12-13-14-22(25)23-19-20-15-17-21(24)18-16-20/h15-18,24H,2-14,19H2,1H3,(H,23,25). The predicted octanol–water partition coefficient (Wildman–Crippen LogP) is 6.10. The molecule has 0 spiro atoms. The van der Waals surface area contributed by atoms with Gasteiger partial charge in [0.15, 0.2) is 0 Å². The highest BCUT2D eigenvalue weighted by Crippen LogP contribution is 2.13. The summed E-state index contributed by atoms with van der Waals surface area (Å²) in [5.41, 5.74) is 1.01. The lowest BCUT2D eigenvalue weighted by atomic mass is 10.0. The monoisotopic (exact) mass is 347 g/mol. The molecular formula is C22H37NO2. The van der Waals surface area contributed by atoms with Gasteiger partial charge < -0.3 is 10.4 Å². The Hall–Kier alpha value is -1.51. The molecule has 0 saturated heterocycles. The van der Waals surface area contributed by atoms with Crippen LogP contribution in [0.2, 0.25) is 0 Å². The second-order valence-electron chi connectivity index (χ2n) is 7.08. The molecule has 1 aromatic rings. The maximum atomic E-state index is 11.8. The molecule has 3 heteroatoms. The van der Waals surface area contributed by atoms with Crippen LogP contribution >= 0.6 is 0 Å². The smallest absolute Gasteiger partial charge is 0.220 e. The number of amides is 1. The number of hydrogen-bond donors (Lipinski definition) is 2. The number of aromatic hydroxyl groups is 1. The van der Waals surface area contributed by atoms with Crippen LogP contribution < -0.4 is 5.32 Å². The van der Waals surface area contributed by atoms with Crippen molar-refractivity contribution in [1.29, 1.82) is 0 Å². The Labute approximate surface area is 154 Å². The van der Waals surface area contributed by atoms with E-state index in [2.05, 4.69) is 12.2 Å². The van der Waals surface area contributed by atoms with Crippen molar-refractivity contribution in [2.45, 2.75) is 96.9 Å². The zero-order valence-electron chi connectivity index (χ0n) is 16.1. The van der Waals surface area contributed by atoms with Gasteiger partial charge in [-0.05, 0) is 24.1 Å². The van der Waals surface area contributed by atoms with E-state index >= 15 is 0 Å². The van der Waals surface area contributed by atoms with Gasteiger partial charge in [-0.25, -0.2) is 0 Å². The fraction of sp³-hybridized carbons (Fsp3) is 0.682. The maximum Gasteiger partial charge on any atom is 0.220 e. The molecule has 0 atom stereocenters. The van der Waals surface area contributed by atoms with Crippen molar-refractivity contribution in [3.05, 3.63) is 29.8 Å². The highest BCUT2D eigenvalue weighted by atomic mass is 16.3. The maximum absolute atomic E-state index is 11.8. The first kappa shape index (κ1) is 21.5. The van der Waals surface area contributed by atoms with Gasteiger partial charge in [0.1, 0.15) is 5.75 Å². The molecule has 0 unspecified atom stereocenters. The molecule has 0 bridgehead atoms. The molecule has 0 aromatic heterocycles. The molecule has 0 aliphatic rings. The van der Waals surface area contributed by atoms with Crippen molar-refractivity contribution in [2.24, 2.45) is 0 Å². The van der Waals surface area contributed by atoms with Crippen LogP contribution in [0, 0.1) is 0 Å². The number of unbranched alkanes of at least 4 members (excludes halogenated alkanes) is 11. The van der Waals surface area contributed by atoms with Crippen LogP contribution in [-0.2, 0) is 11.3 Å². The van der Waals surface area contributed by atoms with E-state index < -0.39 is 0 Å². The van der Waals surface area contributed by atoms with Gasteiger partial charge in [0, 0.05) is 13.0 Å². The summed E-state index contributed by atoms with van der Waals surface area (Å²) in [6, 6.07) is 6.96. The van der Waals surface area contributed by atoms with Crippen LogP contribution in [0.25, 0.3) is 0 Å². The van der Waals surface area contributed by atoms with Gasteiger partial charge >= 0.3 is 0 Å². The van der Waals surface area contributed by atoms with Gasteiger partial charge in [-0.2, -0.15) is 0 Å². The average Bonchev–Trinajstić information content (AvgIpc) is 2.62. The minimum absolute atomic E-state index is 0.125. The topological polar surface area (TPSA) is 49.3 Å². The highest BCUT2D eigenvalue weighted by molar-refractivity contribution is 5.75. The second-order valence-corrected chi connectivity index (χ2v) is 7.08. The molecule has 142 valence electrons. The average molecular weight is 348 g/mol. The number of phenols is 1. The van der Waals surface area contributed by atoms with Gasteiger partial charge in [-0.1, -0.05) is 89.7 Å². The van der Waals surface area contributed by atoms with Crippen LogP contribution in [0.15, 0.2) is 24.3 Å². The van der Waals surface area contributed by atoms with Crippen molar-refractivity contribution in [3.8, 4) is 5.75 Å². The Balaban J connectivity index is 1.86. The number of carbonyl (C=O) groups is 1. The van der Waals surface area contributed by atoms with E-state index in [1.165, 1.54) is 64.2 Å². The van der Waals surface area contributed by atoms with E-state index in [-0.39, 0.29) is 11.7 Å². The Morgan fingerprint density at radius 3 is 1.80 bits per heavy atom. The summed E-state index contributed by atoms with van der Waals surface area (Å²) in [5, 5.41) is 12.2. The third-order valence-corrected chi connectivity index (χ3v) is 4.68. The van der Waals surface area contributed by atoms with E-state index in [9.17, 15) is 9.90 Å². The normalized spacial score (nSPS) is 10.8. The van der Waals surface area contributed by atoms with Crippen molar-refractivity contribution in [2.75, 3.05) is 0 Å². The first-order valence-corrected chi connectivity index (χ1v) is 10.3. The van der Waals surface area contributed by atoms with Crippen LogP contribution in [0.5, 0.6) is 5.75 Å². The fourth-order valence-electron chi connectivity index (χ4n) is 3.03. The molecule has 1 rings (SSSR count). The van der Waals surface area contributed by atoms with Crippen molar-refractivity contribution >= 4 is 5.91 Å². The van der Waals surface area contributed by atoms with Crippen molar-refractivity contribution in [1.82, 2.24) is 5.32 Å². The molecular weight excluding hydrogens is 310 g/mol. The van der Waals surface area contributed by atoms with Crippen LogP contribution in [0.4, 0.5) is 0 Å². The van der Waals surface area contributed by atoms with Crippen molar-refractivity contribution in [3.63, 3.8) is 0 Å². The molecule has 1 amide bonds. The first-order chi connectivity index (χ1) is 12.2. The van der Waals surface area contributed by atoms with E-state index in [1.54, 1.807) is 12.1 Å². The minimum atomic E-state index is 0.125. The fourth-order valence-corrected chi connectivity index (χ4v) is 3.03. The number of hydrogen-bond acceptors (Lipinski definition) is 2. The predicted molar refractivity (Wildman–Crippen MR) is 106 cm³/mol. The van der Waals surface area contributed by atoms with Gasteiger partial charge in [0.2, 0.25) is 5.91 Å². The van der Waals surface area contributed by atoms with Gasteiger partial charge in [-0.15, -0.1) is 0 Å². The Bertz CT molecular complexity index is 442. The number of carbonyl (C=O) groups excluding carboxylic acids is 1. The third kappa shape index (κ3) is 12.5. The number of nitrogens with one attached hydrogen (secondary N) is 1. The van der Waals surface area contributed by atoms with Crippen LogP contribution in [0.3, 0.4) is 0 Å². The van der Waals surface area contributed by atoms with Crippen LogP contribution in [-0.4, -0.2) is 11.0 Å². The summed E-state index contributed by atoms with van der Waals surface area (Å²) < 4.78 is 0. The van der Waals surface area contributed by atoms with Gasteiger partial charge in [0.05, 0.1) is 0 Å². The third-order valence-electron chi connectivity index (χ3n) is 4.68. The molecule has 0 heterocycles. The molecule has 0 radical (unpaired) electrons. The van der Waals surface area contributed by atoms with E-state index in [0.717, 1.165) is 18.4 Å². The van der Waals surface area contributed by atoms with E-state index in [1.807, 2.05) is 12.1 Å². The molecule has 0 fully saturated rings. The molecule has 0 aliphatic carbocycles. The molecule has 0 aliphatic heterocycles. The van der Waals surface area contributed by atoms with E-state index in [4.69, 9.17) is 0 Å².